The number of carbonyl (C=O) groups is 3. The third-order valence-corrected chi connectivity index (χ3v) is 10.7. The first kappa shape index (κ1) is 39.9. The summed E-state index contributed by atoms with van der Waals surface area (Å²) in [6, 6.07) is 52.3. The number of thiazole rings is 1. The molecule has 0 radical (unpaired) electrons. The molecule has 1 aliphatic heterocycles. The molecule has 1 fully saturated rings. The van der Waals surface area contributed by atoms with E-state index >= 15 is 0 Å². The van der Waals surface area contributed by atoms with Crippen LogP contribution in [0.3, 0.4) is 0 Å². The lowest BCUT2D eigenvalue weighted by molar-refractivity contribution is -0.264. The van der Waals surface area contributed by atoms with Crippen molar-refractivity contribution in [3.63, 3.8) is 0 Å². The number of nitrogens with one attached hydrogen (secondary N) is 1. The minimum absolute atomic E-state index is 0.116. The second kappa shape index (κ2) is 19.2. The van der Waals surface area contributed by atoms with E-state index in [1.165, 1.54) is 11.3 Å². The van der Waals surface area contributed by atoms with Gasteiger partial charge in [0.15, 0.2) is 23.6 Å². The second-order valence-electron chi connectivity index (χ2n) is 13.9. The third kappa shape index (κ3) is 9.84. The highest BCUT2D eigenvalue weighted by Gasteiger charge is 2.52. The van der Waals surface area contributed by atoms with Gasteiger partial charge in [0.25, 0.3) is 0 Å². The highest BCUT2D eigenvalue weighted by molar-refractivity contribution is 7.14. The van der Waals surface area contributed by atoms with Gasteiger partial charge in [0.1, 0.15) is 18.8 Å². The Morgan fingerprint density at radius 2 is 1.05 bits per heavy atom. The van der Waals surface area contributed by atoms with Gasteiger partial charge in [0.2, 0.25) is 0 Å². The second-order valence-corrected chi connectivity index (χ2v) is 14.8. The number of esters is 3. The van der Waals surface area contributed by atoms with E-state index in [1.54, 1.807) is 91.0 Å². The number of benzene rings is 6. The molecule has 10 nitrogen and oxygen atoms in total. The van der Waals surface area contributed by atoms with Crippen LogP contribution in [0.4, 0.5) is 5.13 Å². The predicted molar refractivity (Wildman–Crippen MR) is 228 cm³/mol. The average molecular weight is 817 g/mol. The number of ether oxygens (including phenoxy) is 5. The summed E-state index contributed by atoms with van der Waals surface area (Å²) >= 11 is 1.35. The standard InChI is InChI=1S/C49H40N2O8S/c52-45(37-20-10-3-11-21-37)55-31-41-43(58-46(53)38-22-12-4-13-23-38)44(59-47(54)39-24-14-5-15-25-39)42(48(57-41)56-30-33-16-6-1-7-17-33)51-49-50-40(32-60-49)36-28-26-35(27-29-36)34-18-8-2-9-19-34/h1-29,32,41-44,48H,30-31H2,(H,50,51)/t41-,42-,43-,44-,48-/m1/s1. The van der Waals surface area contributed by atoms with Crippen molar-refractivity contribution in [3.8, 4) is 22.4 Å². The molecular formula is C49H40N2O8S. The van der Waals surface area contributed by atoms with Gasteiger partial charge in [0.05, 0.1) is 29.0 Å². The van der Waals surface area contributed by atoms with Crippen molar-refractivity contribution in [2.75, 3.05) is 11.9 Å². The predicted octanol–water partition coefficient (Wildman–Crippen LogP) is 9.51. The number of aromatic nitrogens is 1. The highest BCUT2D eigenvalue weighted by Crippen LogP contribution is 2.34. The summed E-state index contributed by atoms with van der Waals surface area (Å²) < 4.78 is 31.5. The van der Waals surface area contributed by atoms with Crippen LogP contribution in [0.2, 0.25) is 0 Å². The van der Waals surface area contributed by atoms with Crippen LogP contribution in [0.5, 0.6) is 0 Å². The molecule has 1 N–H and O–H groups in total. The van der Waals surface area contributed by atoms with Crippen LogP contribution < -0.4 is 5.32 Å². The average Bonchev–Trinajstić information content (AvgIpc) is 3.79. The molecule has 0 spiro atoms. The maximum Gasteiger partial charge on any atom is 0.338 e. The van der Waals surface area contributed by atoms with Crippen LogP contribution in [0.15, 0.2) is 181 Å². The molecule has 300 valence electrons. The molecule has 1 aliphatic rings. The lowest BCUT2D eigenvalue weighted by atomic mass is 9.96. The van der Waals surface area contributed by atoms with E-state index in [9.17, 15) is 14.4 Å². The van der Waals surface area contributed by atoms with E-state index < -0.39 is 48.6 Å². The van der Waals surface area contributed by atoms with Crippen LogP contribution in [-0.4, -0.2) is 60.1 Å². The van der Waals surface area contributed by atoms with Crippen LogP contribution >= 0.6 is 11.3 Å². The molecule has 0 saturated carbocycles. The molecule has 1 saturated heterocycles. The lowest BCUT2D eigenvalue weighted by Crippen LogP contribution is -2.64. The number of nitrogens with zero attached hydrogens (tertiary/aromatic N) is 1. The Bertz CT molecular complexity index is 2470. The summed E-state index contributed by atoms with van der Waals surface area (Å²) in [5.74, 6) is -1.98. The van der Waals surface area contributed by atoms with Crippen molar-refractivity contribution in [1.29, 1.82) is 0 Å². The van der Waals surface area contributed by atoms with E-state index in [0.29, 0.717) is 10.7 Å². The molecule has 6 aromatic carbocycles. The summed E-state index contributed by atoms with van der Waals surface area (Å²) in [5.41, 5.74) is 5.53. The van der Waals surface area contributed by atoms with Gasteiger partial charge >= 0.3 is 17.9 Å². The topological polar surface area (TPSA) is 122 Å². The van der Waals surface area contributed by atoms with E-state index in [1.807, 2.05) is 66.0 Å². The smallest absolute Gasteiger partial charge is 0.338 e. The van der Waals surface area contributed by atoms with Crippen molar-refractivity contribution < 1.29 is 38.1 Å². The van der Waals surface area contributed by atoms with Crippen molar-refractivity contribution in [3.05, 3.63) is 204 Å². The van der Waals surface area contributed by atoms with Crippen molar-refractivity contribution in [2.24, 2.45) is 0 Å². The SMILES string of the molecule is O=C(OC[C@H]1O[C@@H](OCc2ccccc2)[C@H](Nc2nc(-c3ccc(-c4ccccc4)cc3)cs2)[C@@H](OC(=O)c2ccccc2)[C@@H]1OC(=O)c1ccccc1)c1ccccc1. The van der Waals surface area contributed by atoms with Crippen LogP contribution in [0.25, 0.3) is 22.4 Å². The molecule has 0 bridgehead atoms. The van der Waals surface area contributed by atoms with Gasteiger partial charge < -0.3 is 29.0 Å². The van der Waals surface area contributed by atoms with E-state index in [4.69, 9.17) is 28.7 Å². The van der Waals surface area contributed by atoms with Gasteiger partial charge in [0, 0.05) is 10.9 Å². The minimum atomic E-state index is -1.30. The third-order valence-electron chi connectivity index (χ3n) is 9.88. The summed E-state index contributed by atoms with van der Waals surface area (Å²) in [5, 5.41) is 5.83. The zero-order chi connectivity index (χ0) is 41.1. The van der Waals surface area contributed by atoms with Crippen LogP contribution in [0.1, 0.15) is 36.6 Å². The van der Waals surface area contributed by atoms with Gasteiger partial charge in [-0.1, -0.05) is 140 Å². The Balaban J connectivity index is 1.15. The zero-order valence-electron chi connectivity index (χ0n) is 32.2. The molecule has 2 heterocycles. The number of rotatable bonds is 14. The van der Waals surface area contributed by atoms with Crippen molar-refractivity contribution in [2.45, 2.75) is 37.3 Å². The Labute approximate surface area is 351 Å². The van der Waals surface area contributed by atoms with Gasteiger partial charge in [-0.15, -0.1) is 11.3 Å². The fourth-order valence-corrected chi connectivity index (χ4v) is 7.56. The molecule has 0 unspecified atom stereocenters. The molecule has 5 atom stereocenters. The maximum absolute atomic E-state index is 14.0. The minimum Gasteiger partial charge on any atom is -0.459 e. The first-order valence-electron chi connectivity index (χ1n) is 19.4. The Morgan fingerprint density at radius 1 is 0.567 bits per heavy atom. The van der Waals surface area contributed by atoms with Crippen molar-refractivity contribution in [1.82, 2.24) is 4.98 Å². The summed E-state index contributed by atoms with van der Waals surface area (Å²) in [7, 11) is 0. The van der Waals surface area contributed by atoms with Gasteiger partial charge in [-0.25, -0.2) is 19.4 Å². The summed E-state index contributed by atoms with van der Waals surface area (Å²) in [6.45, 7) is -0.247. The fraction of sp³-hybridized carbons (Fsp3) is 0.143. The van der Waals surface area contributed by atoms with Crippen LogP contribution in [0, 0.1) is 0 Å². The number of carbonyl (C=O) groups excluding carboxylic acids is 3. The zero-order valence-corrected chi connectivity index (χ0v) is 33.1. The summed E-state index contributed by atoms with van der Waals surface area (Å²) in [4.78, 5) is 46.1. The number of anilines is 1. The molecular weight excluding hydrogens is 777 g/mol. The Morgan fingerprint density at radius 3 is 1.63 bits per heavy atom. The Kier molecular flexibility index (Phi) is 12.8. The molecule has 8 rings (SSSR count). The van der Waals surface area contributed by atoms with Crippen molar-refractivity contribution >= 4 is 34.4 Å². The molecule has 0 amide bonds. The van der Waals surface area contributed by atoms with E-state index in [2.05, 4.69) is 29.6 Å². The molecule has 7 aromatic rings. The normalized spacial score (nSPS) is 18.5. The largest absolute Gasteiger partial charge is 0.459 e. The molecule has 0 aliphatic carbocycles. The monoisotopic (exact) mass is 816 g/mol. The molecule has 1 aromatic heterocycles. The molecule has 60 heavy (non-hydrogen) atoms. The van der Waals surface area contributed by atoms with E-state index in [0.717, 1.165) is 27.9 Å². The first-order valence-corrected chi connectivity index (χ1v) is 20.3. The van der Waals surface area contributed by atoms with Gasteiger partial charge in [-0.2, -0.15) is 0 Å². The summed E-state index contributed by atoms with van der Waals surface area (Å²) in [6.07, 6.45) is -4.83. The van der Waals surface area contributed by atoms with E-state index in [-0.39, 0.29) is 24.3 Å². The van der Waals surface area contributed by atoms with Gasteiger partial charge in [-0.05, 0) is 53.1 Å². The number of hydrogen-bond acceptors (Lipinski definition) is 11. The maximum atomic E-state index is 14.0. The van der Waals surface area contributed by atoms with Crippen LogP contribution in [-0.2, 0) is 30.3 Å². The highest BCUT2D eigenvalue weighted by atomic mass is 32.1. The Hall–Kier alpha value is -6.92. The fourth-order valence-electron chi connectivity index (χ4n) is 6.79. The first-order chi connectivity index (χ1) is 29.5. The quantitative estimate of drug-likeness (QED) is 0.0839. The molecule has 11 heteroatoms. The van der Waals surface area contributed by atoms with Gasteiger partial charge in [-0.3, -0.25) is 0 Å². The lowest BCUT2D eigenvalue weighted by Gasteiger charge is -2.45. The number of hydrogen-bond donors (Lipinski definition) is 1.